The molecule has 1 aromatic rings. The number of aliphatic carboxylic acids is 1. The summed E-state index contributed by atoms with van der Waals surface area (Å²) >= 11 is 9.16. The van der Waals surface area contributed by atoms with Gasteiger partial charge in [0.15, 0.2) is 6.10 Å². The molecular weight excluding hydrogens is 362 g/mol. The molecule has 1 unspecified atom stereocenters. The van der Waals surface area contributed by atoms with E-state index in [1.54, 1.807) is 32.2 Å². The van der Waals surface area contributed by atoms with E-state index in [1.807, 2.05) is 0 Å². The largest absolute Gasteiger partial charge is 0.481 e. The first-order valence-corrected chi connectivity index (χ1v) is 7.57. The average Bonchev–Trinajstić information content (AvgIpc) is 2.40. The van der Waals surface area contributed by atoms with Crippen molar-refractivity contribution >= 4 is 39.4 Å². The van der Waals surface area contributed by atoms with Crippen LogP contribution in [0.15, 0.2) is 22.7 Å². The van der Waals surface area contributed by atoms with E-state index in [0.717, 1.165) is 0 Å². The second-order valence-corrected chi connectivity index (χ2v) is 5.88. The third-order valence-corrected chi connectivity index (χ3v) is 3.66. The maximum Gasteiger partial charge on any atom is 0.303 e. The molecule has 1 aromatic carbocycles. The van der Waals surface area contributed by atoms with Crippen LogP contribution in [0.25, 0.3) is 0 Å². The first-order valence-electron chi connectivity index (χ1n) is 6.39. The lowest BCUT2D eigenvalue weighted by Gasteiger charge is -2.22. The molecule has 0 saturated heterocycles. The number of ether oxygens (including phenoxy) is 1. The van der Waals surface area contributed by atoms with E-state index in [4.69, 9.17) is 21.4 Å². The van der Waals surface area contributed by atoms with Crippen LogP contribution >= 0.6 is 27.5 Å². The maximum absolute atomic E-state index is 12.1. The number of nitrogens with zero attached hydrogens (tertiary/aromatic N) is 1. The van der Waals surface area contributed by atoms with Crippen molar-refractivity contribution in [3.8, 4) is 5.75 Å². The third kappa shape index (κ3) is 5.93. The van der Waals surface area contributed by atoms with Crippen molar-refractivity contribution in [3.63, 3.8) is 0 Å². The van der Waals surface area contributed by atoms with Gasteiger partial charge in [-0.2, -0.15) is 0 Å². The van der Waals surface area contributed by atoms with E-state index in [-0.39, 0.29) is 12.3 Å². The lowest BCUT2D eigenvalue weighted by atomic mass is 10.2. The lowest BCUT2D eigenvalue weighted by Crippen LogP contribution is -2.38. The zero-order valence-corrected chi connectivity index (χ0v) is 14.1. The summed E-state index contributed by atoms with van der Waals surface area (Å²) in [6, 6.07) is 5.04. The number of amides is 1. The summed E-state index contributed by atoms with van der Waals surface area (Å²) in [5, 5.41) is 9.15. The Morgan fingerprint density at radius 1 is 1.48 bits per heavy atom. The highest BCUT2D eigenvalue weighted by Crippen LogP contribution is 2.28. The molecule has 116 valence electrons. The van der Waals surface area contributed by atoms with Gasteiger partial charge in [-0.15, -0.1) is 0 Å². The Bertz CT molecular complexity index is 524. The fraction of sp³-hybridized carbons (Fsp3) is 0.429. The number of carboxylic acid groups (broad SMARTS) is 1. The Kier molecular flexibility index (Phi) is 6.98. The van der Waals surface area contributed by atoms with E-state index in [9.17, 15) is 9.59 Å². The molecule has 0 aromatic heterocycles. The molecule has 21 heavy (non-hydrogen) atoms. The smallest absolute Gasteiger partial charge is 0.303 e. The number of carbonyl (C=O) groups excluding carboxylic acids is 1. The molecule has 0 aliphatic carbocycles. The molecule has 0 spiro atoms. The first kappa shape index (κ1) is 17.8. The molecule has 1 rings (SSSR count). The van der Waals surface area contributed by atoms with Gasteiger partial charge >= 0.3 is 5.97 Å². The highest BCUT2D eigenvalue weighted by Gasteiger charge is 2.20. The van der Waals surface area contributed by atoms with Crippen molar-refractivity contribution in [2.75, 3.05) is 13.6 Å². The van der Waals surface area contributed by atoms with Gasteiger partial charge in [-0.1, -0.05) is 11.6 Å². The van der Waals surface area contributed by atoms with Crippen LogP contribution in [0.1, 0.15) is 19.8 Å². The van der Waals surface area contributed by atoms with E-state index < -0.39 is 12.1 Å². The molecule has 0 bridgehead atoms. The van der Waals surface area contributed by atoms with Gasteiger partial charge in [-0.05, 0) is 47.5 Å². The molecule has 1 atom stereocenters. The Labute approximate surface area is 137 Å². The highest BCUT2D eigenvalue weighted by molar-refractivity contribution is 9.10. The van der Waals surface area contributed by atoms with Crippen molar-refractivity contribution in [1.29, 1.82) is 0 Å². The van der Waals surface area contributed by atoms with Gasteiger partial charge in [0.1, 0.15) is 5.75 Å². The lowest BCUT2D eigenvalue weighted by molar-refractivity contribution is -0.139. The van der Waals surface area contributed by atoms with Crippen LogP contribution < -0.4 is 4.74 Å². The van der Waals surface area contributed by atoms with Crippen LogP contribution in [-0.2, 0) is 9.59 Å². The molecule has 7 heteroatoms. The van der Waals surface area contributed by atoms with Crippen molar-refractivity contribution in [1.82, 2.24) is 4.90 Å². The first-order chi connectivity index (χ1) is 9.81. The quantitative estimate of drug-likeness (QED) is 0.791. The molecule has 0 aliphatic heterocycles. The highest BCUT2D eigenvalue weighted by atomic mass is 79.9. The molecule has 1 amide bonds. The van der Waals surface area contributed by atoms with Gasteiger partial charge in [0.25, 0.3) is 5.91 Å². The number of benzene rings is 1. The van der Waals surface area contributed by atoms with E-state index in [0.29, 0.717) is 28.2 Å². The van der Waals surface area contributed by atoms with Gasteiger partial charge in [0.05, 0.1) is 4.47 Å². The minimum absolute atomic E-state index is 0.0373. The zero-order valence-electron chi connectivity index (χ0n) is 11.8. The molecule has 5 nitrogen and oxygen atoms in total. The second-order valence-electron chi connectivity index (χ2n) is 4.59. The van der Waals surface area contributed by atoms with Gasteiger partial charge in [0, 0.05) is 25.0 Å². The molecule has 0 saturated carbocycles. The average molecular weight is 379 g/mol. The number of carbonyl (C=O) groups is 2. The van der Waals surface area contributed by atoms with Gasteiger partial charge < -0.3 is 14.7 Å². The molecule has 0 heterocycles. The zero-order chi connectivity index (χ0) is 16.0. The summed E-state index contributed by atoms with van der Waals surface area (Å²) < 4.78 is 6.27. The van der Waals surface area contributed by atoms with Gasteiger partial charge in [-0.3, -0.25) is 9.59 Å². The third-order valence-electron chi connectivity index (χ3n) is 2.81. The minimum atomic E-state index is -0.870. The van der Waals surface area contributed by atoms with E-state index >= 15 is 0 Å². The van der Waals surface area contributed by atoms with Crippen LogP contribution in [0, 0.1) is 0 Å². The topological polar surface area (TPSA) is 66.8 Å². The number of likely N-dealkylation sites (N-methyl/N-ethyl adjacent to an activating group) is 1. The Morgan fingerprint density at radius 3 is 2.71 bits per heavy atom. The number of hydrogen-bond acceptors (Lipinski definition) is 3. The number of hydrogen-bond donors (Lipinski definition) is 1. The van der Waals surface area contributed by atoms with Crippen LogP contribution in [0.5, 0.6) is 5.75 Å². The summed E-state index contributed by atoms with van der Waals surface area (Å²) in [5.74, 6) is -0.549. The molecule has 0 radical (unpaired) electrons. The fourth-order valence-electron chi connectivity index (χ4n) is 1.70. The summed E-state index contributed by atoms with van der Waals surface area (Å²) in [6.45, 7) is 2.03. The summed E-state index contributed by atoms with van der Waals surface area (Å²) in [5.41, 5.74) is 0. The predicted octanol–water partition coefficient (Wildman–Crippen LogP) is 3.19. The van der Waals surface area contributed by atoms with Crippen molar-refractivity contribution in [3.05, 3.63) is 27.7 Å². The van der Waals surface area contributed by atoms with Crippen LogP contribution in [0.2, 0.25) is 5.02 Å². The van der Waals surface area contributed by atoms with Crippen molar-refractivity contribution in [2.24, 2.45) is 0 Å². The molecule has 0 aliphatic rings. The molecule has 0 fully saturated rings. The SMILES string of the molecule is CC(Oc1ccc(Cl)cc1Br)C(=O)N(C)CCCC(=O)O. The Hall–Kier alpha value is -1.27. The Morgan fingerprint density at radius 2 is 2.14 bits per heavy atom. The van der Waals surface area contributed by atoms with E-state index in [1.165, 1.54) is 4.90 Å². The van der Waals surface area contributed by atoms with Crippen molar-refractivity contribution in [2.45, 2.75) is 25.9 Å². The van der Waals surface area contributed by atoms with Crippen LogP contribution in [-0.4, -0.2) is 41.6 Å². The van der Waals surface area contributed by atoms with Crippen LogP contribution in [0.3, 0.4) is 0 Å². The van der Waals surface area contributed by atoms with Crippen LogP contribution in [0.4, 0.5) is 0 Å². The van der Waals surface area contributed by atoms with Gasteiger partial charge in [0.2, 0.25) is 0 Å². The predicted molar refractivity (Wildman–Crippen MR) is 83.7 cm³/mol. The second kappa shape index (κ2) is 8.24. The number of rotatable bonds is 7. The summed E-state index contributed by atoms with van der Waals surface area (Å²) in [4.78, 5) is 24.0. The Balaban J connectivity index is 2.55. The number of carboxylic acids is 1. The fourth-order valence-corrected chi connectivity index (χ4v) is 2.48. The monoisotopic (exact) mass is 377 g/mol. The minimum Gasteiger partial charge on any atom is -0.481 e. The van der Waals surface area contributed by atoms with E-state index in [2.05, 4.69) is 15.9 Å². The molecular formula is C14H17BrClNO4. The summed E-state index contributed by atoms with van der Waals surface area (Å²) in [7, 11) is 1.63. The van der Waals surface area contributed by atoms with Crippen molar-refractivity contribution < 1.29 is 19.4 Å². The maximum atomic E-state index is 12.1. The standard InChI is InChI=1S/C14H17BrClNO4/c1-9(14(20)17(2)7-3-4-13(18)19)21-12-6-5-10(16)8-11(12)15/h5-6,8-9H,3-4,7H2,1-2H3,(H,18,19). The summed E-state index contributed by atoms with van der Waals surface area (Å²) in [6.07, 6.45) is -0.220. The van der Waals surface area contributed by atoms with Gasteiger partial charge in [-0.25, -0.2) is 0 Å². The number of halogens is 2. The molecule has 1 N–H and O–H groups in total. The normalized spacial score (nSPS) is 11.8.